The third kappa shape index (κ3) is 2.88. The molecular weight excluding hydrogens is 232 g/mol. The van der Waals surface area contributed by atoms with Crippen molar-refractivity contribution in [3.05, 3.63) is 36.7 Å². The highest BCUT2D eigenvalue weighted by Gasteiger charge is 2.04. The van der Waals surface area contributed by atoms with Gasteiger partial charge < -0.3 is 9.47 Å². The van der Waals surface area contributed by atoms with Crippen LogP contribution in [0.4, 0.5) is 0 Å². The molecule has 0 saturated carbocycles. The van der Waals surface area contributed by atoms with Gasteiger partial charge in [0.05, 0.1) is 13.3 Å². The number of hydrogen-bond acceptors (Lipinski definition) is 4. The predicted molar refractivity (Wildman–Crippen MR) is 66.2 cm³/mol. The van der Waals surface area contributed by atoms with Crippen LogP contribution in [0.3, 0.4) is 0 Å². The summed E-state index contributed by atoms with van der Waals surface area (Å²) < 4.78 is 11.6. The molecule has 0 aliphatic carbocycles. The van der Waals surface area contributed by atoms with Crippen molar-refractivity contribution in [2.75, 3.05) is 13.7 Å². The fourth-order valence-electron chi connectivity index (χ4n) is 1.54. The van der Waals surface area contributed by atoms with E-state index in [0.29, 0.717) is 5.75 Å². The van der Waals surface area contributed by atoms with Crippen molar-refractivity contribution in [3.8, 4) is 16.9 Å². The van der Waals surface area contributed by atoms with E-state index in [1.165, 1.54) is 7.11 Å². The maximum atomic E-state index is 11.0. The van der Waals surface area contributed by atoms with E-state index >= 15 is 0 Å². The molecule has 0 saturated heterocycles. The van der Waals surface area contributed by atoms with Crippen LogP contribution in [-0.2, 0) is 16.6 Å². The van der Waals surface area contributed by atoms with Gasteiger partial charge in [-0.2, -0.15) is 5.10 Å². The maximum Gasteiger partial charge on any atom is 0.343 e. The van der Waals surface area contributed by atoms with Crippen molar-refractivity contribution >= 4 is 5.97 Å². The van der Waals surface area contributed by atoms with Crippen LogP contribution >= 0.6 is 0 Å². The first kappa shape index (κ1) is 12.2. The minimum atomic E-state index is -0.401. The second-order valence-corrected chi connectivity index (χ2v) is 3.80. The molecular formula is C13H14N2O3. The van der Waals surface area contributed by atoms with Gasteiger partial charge in [-0.25, -0.2) is 4.79 Å². The van der Waals surface area contributed by atoms with Crippen LogP contribution in [0.1, 0.15) is 0 Å². The molecule has 18 heavy (non-hydrogen) atoms. The van der Waals surface area contributed by atoms with Gasteiger partial charge in [-0.05, 0) is 17.7 Å². The van der Waals surface area contributed by atoms with Gasteiger partial charge in [0, 0.05) is 18.8 Å². The number of aryl methyl sites for hydroxylation is 1. The summed E-state index contributed by atoms with van der Waals surface area (Å²) >= 11 is 0. The second kappa shape index (κ2) is 5.35. The molecule has 0 N–H and O–H groups in total. The Balaban J connectivity index is 2.12. The number of esters is 1. The average molecular weight is 246 g/mol. The van der Waals surface area contributed by atoms with Crippen LogP contribution in [0.5, 0.6) is 5.75 Å². The van der Waals surface area contributed by atoms with Gasteiger partial charge in [0.25, 0.3) is 0 Å². The first-order valence-electron chi connectivity index (χ1n) is 5.48. The Kier molecular flexibility index (Phi) is 3.62. The Labute approximate surface area is 105 Å². The van der Waals surface area contributed by atoms with Crippen molar-refractivity contribution in [1.29, 1.82) is 0 Å². The Hall–Kier alpha value is -2.30. The van der Waals surface area contributed by atoms with E-state index in [1.54, 1.807) is 16.9 Å². The molecule has 1 aromatic heterocycles. The fraction of sp³-hybridized carbons (Fsp3) is 0.231. The lowest BCUT2D eigenvalue weighted by atomic mass is 10.1. The number of aromatic nitrogens is 2. The van der Waals surface area contributed by atoms with E-state index in [2.05, 4.69) is 9.84 Å². The van der Waals surface area contributed by atoms with Crippen molar-refractivity contribution in [2.24, 2.45) is 7.05 Å². The van der Waals surface area contributed by atoms with Gasteiger partial charge in [-0.15, -0.1) is 0 Å². The molecule has 0 aliphatic rings. The summed E-state index contributed by atoms with van der Waals surface area (Å²) in [4.78, 5) is 11.0. The number of hydrogen-bond donors (Lipinski definition) is 0. The number of methoxy groups -OCH3 is 1. The van der Waals surface area contributed by atoms with Gasteiger partial charge >= 0.3 is 5.97 Å². The monoisotopic (exact) mass is 246 g/mol. The van der Waals surface area contributed by atoms with Gasteiger partial charge in [-0.3, -0.25) is 4.68 Å². The normalized spacial score (nSPS) is 10.1. The first-order chi connectivity index (χ1) is 8.69. The Bertz CT molecular complexity index is 549. The van der Waals surface area contributed by atoms with Crippen LogP contribution in [0.25, 0.3) is 11.1 Å². The topological polar surface area (TPSA) is 53.4 Å². The van der Waals surface area contributed by atoms with Crippen molar-refractivity contribution in [2.45, 2.75) is 0 Å². The van der Waals surface area contributed by atoms with Crippen molar-refractivity contribution in [3.63, 3.8) is 0 Å². The molecule has 0 unspecified atom stereocenters. The molecule has 2 rings (SSSR count). The largest absolute Gasteiger partial charge is 0.482 e. The summed E-state index contributed by atoms with van der Waals surface area (Å²) in [5.41, 5.74) is 1.99. The summed E-state index contributed by atoms with van der Waals surface area (Å²) in [6, 6.07) is 7.49. The SMILES string of the molecule is COC(=O)COc1cccc(-c2cnn(C)c2)c1. The number of ether oxygens (including phenoxy) is 2. The highest BCUT2D eigenvalue weighted by Crippen LogP contribution is 2.23. The van der Waals surface area contributed by atoms with E-state index in [-0.39, 0.29) is 6.61 Å². The standard InChI is InChI=1S/C13H14N2O3/c1-15-8-11(7-14-15)10-4-3-5-12(6-10)18-9-13(16)17-2/h3-8H,9H2,1-2H3. The number of rotatable bonds is 4. The Morgan fingerprint density at radius 1 is 1.39 bits per heavy atom. The van der Waals surface area contributed by atoms with Crippen molar-refractivity contribution in [1.82, 2.24) is 9.78 Å². The molecule has 0 aliphatic heterocycles. The number of carbonyl (C=O) groups is 1. The molecule has 0 amide bonds. The predicted octanol–water partition coefficient (Wildman–Crippen LogP) is 1.64. The molecule has 94 valence electrons. The van der Waals surface area contributed by atoms with E-state index in [9.17, 15) is 4.79 Å². The fourth-order valence-corrected chi connectivity index (χ4v) is 1.54. The number of benzene rings is 1. The zero-order valence-electron chi connectivity index (χ0n) is 10.3. The summed E-state index contributed by atoms with van der Waals surface area (Å²) in [7, 11) is 3.19. The Morgan fingerprint density at radius 3 is 2.89 bits per heavy atom. The van der Waals surface area contributed by atoms with Crippen molar-refractivity contribution < 1.29 is 14.3 Å². The lowest BCUT2D eigenvalue weighted by molar-refractivity contribution is -0.142. The zero-order valence-corrected chi connectivity index (χ0v) is 10.3. The van der Waals surface area contributed by atoms with E-state index in [0.717, 1.165) is 11.1 Å². The minimum Gasteiger partial charge on any atom is -0.482 e. The van der Waals surface area contributed by atoms with Crippen LogP contribution in [0.2, 0.25) is 0 Å². The summed E-state index contributed by atoms with van der Waals surface area (Å²) in [5, 5.41) is 4.11. The highest BCUT2D eigenvalue weighted by atomic mass is 16.6. The molecule has 0 radical (unpaired) electrons. The number of carbonyl (C=O) groups excluding carboxylic acids is 1. The number of nitrogens with zero attached hydrogens (tertiary/aromatic N) is 2. The summed E-state index contributed by atoms with van der Waals surface area (Å²) in [6.07, 6.45) is 3.69. The van der Waals surface area contributed by atoms with Gasteiger partial charge in [0.1, 0.15) is 5.75 Å². The second-order valence-electron chi connectivity index (χ2n) is 3.80. The van der Waals surface area contributed by atoms with Crippen LogP contribution in [-0.4, -0.2) is 29.5 Å². The average Bonchev–Trinajstić information content (AvgIpc) is 2.83. The lowest BCUT2D eigenvalue weighted by Gasteiger charge is -2.06. The summed E-state index contributed by atoms with van der Waals surface area (Å²) in [5.74, 6) is 0.225. The van der Waals surface area contributed by atoms with Gasteiger partial charge in [-0.1, -0.05) is 12.1 Å². The Morgan fingerprint density at radius 2 is 2.22 bits per heavy atom. The molecule has 2 aromatic rings. The zero-order chi connectivity index (χ0) is 13.0. The molecule has 0 spiro atoms. The third-order valence-electron chi connectivity index (χ3n) is 2.46. The molecule has 0 fully saturated rings. The van der Waals surface area contributed by atoms with Crippen LogP contribution < -0.4 is 4.74 Å². The van der Waals surface area contributed by atoms with Crippen LogP contribution in [0.15, 0.2) is 36.7 Å². The molecule has 5 heteroatoms. The van der Waals surface area contributed by atoms with E-state index in [1.807, 2.05) is 31.4 Å². The quantitative estimate of drug-likeness (QED) is 0.769. The molecule has 5 nitrogen and oxygen atoms in total. The lowest BCUT2D eigenvalue weighted by Crippen LogP contribution is -2.12. The smallest absolute Gasteiger partial charge is 0.343 e. The third-order valence-corrected chi connectivity index (χ3v) is 2.46. The molecule has 1 aromatic carbocycles. The summed E-state index contributed by atoms with van der Waals surface area (Å²) in [6.45, 7) is -0.0903. The van der Waals surface area contributed by atoms with Crippen LogP contribution in [0, 0.1) is 0 Å². The van der Waals surface area contributed by atoms with Gasteiger partial charge in [0.15, 0.2) is 6.61 Å². The highest BCUT2D eigenvalue weighted by molar-refractivity contribution is 5.71. The minimum absolute atomic E-state index is 0.0903. The van der Waals surface area contributed by atoms with E-state index < -0.39 is 5.97 Å². The first-order valence-corrected chi connectivity index (χ1v) is 5.48. The maximum absolute atomic E-state index is 11.0. The molecule has 0 bridgehead atoms. The molecule has 1 heterocycles. The molecule has 0 atom stereocenters. The van der Waals surface area contributed by atoms with Gasteiger partial charge in [0.2, 0.25) is 0 Å². The van der Waals surface area contributed by atoms with E-state index in [4.69, 9.17) is 4.74 Å².